The molecule has 186 valence electrons. The number of carbonyl (C=O) groups excluding carboxylic acids is 1. The van der Waals surface area contributed by atoms with Crippen LogP contribution in [0.25, 0.3) is 0 Å². The van der Waals surface area contributed by atoms with E-state index in [1.807, 2.05) is 71.4 Å². The Bertz CT molecular complexity index is 1470. The molecule has 37 heavy (non-hydrogen) atoms. The number of nitrogens with one attached hydrogen (secondary N) is 1. The van der Waals surface area contributed by atoms with E-state index in [9.17, 15) is 4.79 Å². The zero-order chi connectivity index (χ0) is 25.2. The Balaban J connectivity index is 1.26. The number of nitrogens with zero attached hydrogens (tertiary/aromatic N) is 3. The quantitative estimate of drug-likeness (QED) is 0.242. The highest BCUT2D eigenvalue weighted by molar-refractivity contribution is 9.10. The smallest absolute Gasteiger partial charge is 0.227 e. The number of rotatable bonds is 7. The molecule has 6 rings (SSSR count). The van der Waals surface area contributed by atoms with E-state index in [0.29, 0.717) is 24.1 Å². The fraction of sp³-hybridized carbons (Fsp3) is 0.207. The van der Waals surface area contributed by atoms with Crippen molar-refractivity contribution < 1.29 is 9.53 Å². The van der Waals surface area contributed by atoms with Crippen molar-refractivity contribution in [1.82, 2.24) is 14.8 Å². The van der Waals surface area contributed by atoms with Crippen LogP contribution >= 0.6 is 27.7 Å². The van der Waals surface area contributed by atoms with E-state index in [-0.39, 0.29) is 11.8 Å². The summed E-state index contributed by atoms with van der Waals surface area (Å²) in [4.78, 5) is 17.9. The number of thioether (sulfide) groups is 1. The summed E-state index contributed by atoms with van der Waals surface area (Å²) in [5, 5.41) is 8.94. The summed E-state index contributed by atoms with van der Waals surface area (Å²) < 4.78 is 8.91. The van der Waals surface area contributed by atoms with E-state index in [1.165, 1.54) is 5.56 Å². The lowest BCUT2D eigenvalue weighted by Crippen LogP contribution is -2.31. The van der Waals surface area contributed by atoms with Crippen molar-refractivity contribution in [2.75, 3.05) is 5.32 Å². The standard InChI is InChI=1S/C29H25BrN4O2S/c30-22-9-4-8-20(16-22)17-36-23-14-12-21(13-15-23)27-26-24(10-5-11-25(26)35)31-28-32-29(33-34(27)28)37-18-19-6-2-1-3-7-19/h1-4,6-9,12-16,27H,5,10-11,17-18H2,(H,31,32,33). The Kier molecular flexibility index (Phi) is 6.85. The average molecular weight is 574 g/mol. The molecule has 0 fully saturated rings. The molecule has 0 spiro atoms. The molecule has 1 unspecified atom stereocenters. The average Bonchev–Trinajstić information content (AvgIpc) is 3.33. The molecular weight excluding hydrogens is 548 g/mol. The molecule has 0 radical (unpaired) electrons. The van der Waals surface area contributed by atoms with Crippen LogP contribution in [0.5, 0.6) is 5.75 Å². The highest BCUT2D eigenvalue weighted by Gasteiger charge is 2.36. The monoisotopic (exact) mass is 572 g/mol. The van der Waals surface area contributed by atoms with Crippen molar-refractivity contribution in [2.45, 2.75) is 42.8 Å². The number of anilines is 1. The molecule has 1 aliphatic carbocycles. The molecule has 2 aliphatic rings. The molecule has 3 aromatic carbocycles. The maximum atomic E-state index is 13.1. The molecule has 1 N–H and O–H groups in total. The zero-order valence-electron chi connectivity index (χ0n) is 20.1. The molecule has 6 nitrogen and oxygen atoms in total. The van der Waals surface area contributed by atoms with Crippen LogP contribution in [-0.4, -0.2) is 20.5 Å². The zero-order valence-corrected chi connectivity index (χ0v) is 22.5. The van der Waals surface area contributed by atoms with Gasteiger partial charge in [-0.3, -0.25) is 4.79 Å². The fourth-order valence-corrected chi connectivity index (χ4v) is 6.00. The van der Waals surface area contributed by atoms with Crippen LogP contribution in [0.1, 0.15) is 42.0 Å². The van der Waals surface area contributed by atoms with Crippen molar-refractivity contribution in [3.63, 3.8) is 0 Å². The summed E-state index contributed by atoms with van der Waals surface area (Å²) in [6.45, 7) is 0.481. The third-order valence-corrected chi connectivity index (χ3v) is 7.95. The van der Waals surface area contributed by atoms with Gasteiger partial charge < -0.3 is 10.1 Å². The lowest BCUT2D eigenvalue weighted by molar-refractivity contribution is -0.116. The number of Topliss-reactive ketones (excluding diaryl/α,β-unsaturated/α-hetero) is 1. The molecule has 1 aromatic heterocycles. The number of halogens is 1. The van der Waals surface area contributed by atoms with Gasteiger partial charge in [-0.15, -0.1) is 5.10 Å². The second-order valence-electron chi connectivity index (χ2n) is 9.12. The second-order valence-corrected chi connectivity index (χ2v) is 11.0. The molecular formula is C29H25BrN4O2S. The summed E-state index contributed by atoms with van der Waals surface area (Å²) in [5.41, 5.74) is 5.06. The molecule has 0 bridgehead atoms. The summed E-state index contributed by atoms with van der Waals surface area (Å²) in [6, 6.07) is 26.0. The van der Waals surface area contributed by atoms with E-state index < -0.39 is 0 Å². The van der Waals surface area contributed by atoms with Gasteiger partial charge >= 0.3 is 0 Å². The van der Waals surface area contributed by atoms with E-state index in [0.717, 1.165) is 51.2 Å². The highest BCUT2D eigenvalue weighted by Crippen LogP contribution is 2.41. The predicted molar refractivity (Wildman–Crippen MR) is 149 cm³/mol. The summed E-state index contributed by atoms with van der Waals surface area (Å²) in [7, 11) is 0. The SMILES string of the molecule is O=C1CCCC2=C1C(c1ccc(OCc3cccc(Br)c3)cc1)n1nc(SCc3ccccc3)nc1N2. The van der Waals surface area contributed by atoms with Crippen LogP contribution in [0.15, 0.2) is 99.8 Å². The molecule has 1 aliphatic heterocycles. The van der Waals surface area contributed by atoms with E-state index in [2.05, 4.69) is 33.4 Å². The Labute approximate surface area is 228 Å². The minimum absolute atomic E-state index is 0.174. The minimum atomic E-state index is -0.309. The lowest BCUT2D eigenvalue weighted by atomic mass is 9.85. The molecule has 0 saturated carbocycles. The number of allylic oxidation sites excluding steroid dienone is 2. The maximum Gasteiger partial charge on any atom is 0.227 e. The summed E-state index contributed by atoms with van der Waals surface area (Å²) >= 11 is 5.10. The first-order valence-electron chi connectivity index (χ1n) is 12.3. The number of carbonyl (C=O) groups is 1. The molecule has 2 heterocycles. The van der Waals surface area contributed by atoms with Crippen molar-refractivity contribution in [1.29, 1.82) is 0 Å². The van der Waals surface area contributed by atoms with Gasteiger partial charge in [-0.05, 0) is 53.8 Å². The van der Waals surface area contributed by atoms with Gasteiger partial charge in [0.25, 0.3) is 0 Å². The van der Waals surface area contributed by atoms with E-state index in [1.54, 1.807) is 11.8 Å². The first-order chi connectivity index (χ1) is 18.1. The number of ether oxygens (including phenoxy) is 1. The predicted octanol–water partition coefficient (Wildman–Crippen LogP) is 6.93. The number of hydrogen-bond donors (Lipinski definition) is 1. The van der Waals surface area contributed by atoms with E-state index >= 15 is 0 Å². The Morgan fingerprint density at radius 3 is 2.62 bits per heavy atom. The summed E-state index contributed by atoms with van der Waals surface area (Å²) in [6.07, 6.45) is 2.25. The number of ketones is 1. The number of aromatic nitrogens is 3. The van der Waals surface area contributed by atoms with Crippen LogP contribution in [0.2, 0.25) is 0 Å². The van der Waals surface area contributed by atoms with Crippen LogP contribution in [-0.2, 0) is 17.2 Å². The Morgan fingerprint density at radius 2 is 1.81 bits per heavy atom. The molecule has 0 amide bonds. The van der Waals surface area contributed by atoms with Gasteiger partial charge in [-0.25, -0.2) is 4.68 Å². The lowest BCUT2D eigenvalue weighted by Gasteiger charge is -2.32. The Morgan fingerprint density at radius 1 is 1.00 bits per heavy atom. The van der Waals surface area contributed by atoms with Crippen molar-refractivity contribution in [3.05, 3.63) is 111 Å². The highest BCUT2D eigenvalue weighted by atomic mass is 79.9. The second kappa shape index (κ2) is 10.6. The van der Waals surface area contributed by atoms with Gasteiger partial charge in [0.05, 0.1) is 0 Å². The molecule has 4 aromatic rings. The van der Waals surface area contributed by atoms with Gasteiger partial charge in [0.2, 0.25) is 11.1 Å². The van der Waals surface area contributed by atoms with Gasteiger partial charge in [0.15, 0.2) is 5.78 Å². The largest absolute Gasteiger partial charge is 0.489 e. The fourth-order valence-electron chi connectivity index (χ4n) is 4.77. The third-order valence-electron chi connectivity index (χ3n) is 6.55. The van der Waals surface area contributed by atoms with Crippen molar-refractivity contribution in [2.24, 2.45) is 0 Å². The van der Waals surface area contributed by atoms with Crippen LogP contribution in [0.3, 0.4) is 0 Å². The van der Waals surface area contributed by atoms with Crippen molar-refractivity contribution in [3.8, 4) is 5.75 Å². The van der Waals surface area contributed by atoms with Crippen LogP contribution in [0.4, 0.5) is 5.95 Å². The summed E-state index contributed by atoms with van der Waals surface area (Å²) in [5.74, 6) is 2.42. The normalized spacial score (nSPS) is 16.7. The molecule has 1 atom stereocenters. The molecule has 8 heteroatoms. The van der Waals surface area contributed by atoms with Gasteiger partial charge in [-0.2, -0.15) is 4.98 Å². The van der Waals surface area contributed by atoms with E-state index in [4.69, 9.17) is 14.8 Å². The maximum absolute atomic E-state index is 13.1. The number of hydrogen-bond acceptors (Lipinski definition) is 6. The first-order valence-corrected chi connectivity index (χ1v) is 14.1. The van der Waals surface area contributed by atoms with Gasteiger partial charge in [-0.1, -0.05) is 82.3 Å². The first kappa shape index (κ1) is 24.0. The number of fused-ring (bicyclic) bond motifs is 1. The minimum Gasteiger partial charge on any atom is -0.489 e. The topological polar surface area (TPSA) is 69.0 Å². The third kappa shape index (κ3) is 5.22. The Hall–Kier alpha value is -3.36. The molecule has 0 saturated heterocycles. The van der Waals surface area contributed by atoms with Crippen LogP contribution in [0, 0.1) is 0 Å². The number of benzene rings is 3. The van der Waals surface area contributed by atoms with Crippen LogP contribution < -0.4 is 10.1 Å². The van der Waals surface area contributed by atoms with Gasteiger partial charge in [0.1, 0.15) is 18.4 Å². The van der Waals surface area contributed by atoms with Gasteiger partial charge in [0, 0.05) is 27.9 Å². The van der Waals surface area contributed by atoms with Crippen molar-refractivity contribution >= 4 is 39.4 Å².